The molecule has 0 atom stereocenters. The molecule has 0 spiro atoms. The molecular weight excluding hydrogens is 421 g/mol. The number of halogens is 3. The molecule has 1 fully saturated rings. The smallest absolute Gasteiger partial charge is 0.243 e. The van der Waals surface area contributed by atoms with E-state index in [2.05, 4.69) is 20.8 Å². The molecule has 162 valence electrons. The zero-order chi connectivity index (χ0) is 21.7. The highest BCUT2D eigenvalue weighted by Gasteiger charge is 2.23. The lowest BCUT2D eigenvalue weighted by molar-refractivity contribution is -0.122. The second-order valence-electron chi connectivity index (χ2n) is 6.88. The van der Waals surface area contributed by atoms with Gasteiger partial charge in [-0.1, -0.05) is 31.0 Å². The van der Waals surface area contributed by atoms with Crippen molar-refractivity contribution in [2.75, 3.05) is 23.5 Å². The molecule has 0 saturated heterocycles. The molecule has 8 nitrogen and oxygen atoms in total. The van der Waals surface area contributed by atoms with Gasteiger partial charge < -0.3 is 16.5 Å². The third kappa shape index (κ3) is 5.23. The van der Waals surface area contributed by atoms with Gasteiger partial charge >= 0.3 is 0 Å². The zero-order valence-corrected chi connectivity index (χ0v) is 16.8. The van der Waals surface area contributed by atoms with Crippen LogP contribution in [-0.2, 0) is 9.59 Å². The zero-order valence-electron chi connectivity index (χ0n) is 16.0. The number of nitrogen functional groups attached to an aromatic ring is 1. The summed E-state index contributed by atoms with van der Waals surface area (Å²) >= 11 is 1.07. The van der Waals surface area contributed by atoms with Crippen LogP contribution in [0, 0.1) is 17.5 Å². The van der Waals surface area contributed by atoms with Crippen molar-refractivity contribution in [3.8, 4) is 0 Å². The number of aromatic nitrogens is 3. The monoisotopic (exact) mass is 442 g/mol. The minimum atomic E-state index is -1.69. The number of anilines is 1. The molecule has 30 heavy (non-hydrogen) atoms. The van der Waals surface area contributed by atoms with E-state index >= 15 is 0 Å². The van der Waals surface area contributed by atoms with E-state index in [4.69, 9.17) is 5.84 Å². The van der Waals surface area contributed by atoms with Crippen molar-refractivity contribution in [1.29, 1.82) is 0 Å². The van der Waals surface area contributed by atoms with Crippen molar-refractivity contribution in [3.05, 3.63) is 35.4 Å². The first kappa shape index (κ1) is 21.9. The average molecular weight is 442 g/mol. The third-order valence-electron chi connectivity index (χ3n) is 4.75. The largest absolute Gasteiger partial charge is 0.346 e. The number of amides is 2. The summed E-state index contributed by atoms with van der Waals surface area (Å²) < 4.78 is 41.0. The summed E-state index contributed by atoms with van der Waals surface area (Å²) in [5.74, 6) is 1.11. The van der Waals surface area contributed by atoms with Gasteiger partial charge in [0.1, 0.15) is 0 Å². The van der Waals surface area contributed by atoms with Gasteiger partial charge in [0.2, 0.25) is 17.0 Å². The van der Waals surface area contributed by atoms with E-state index in [0.717, 1.165) is 43.5 Å². The Bertz CT molecular complexity index is 933. The maximum absolute atomic E-state index is 13.6. The number of nitrogens with one attached hydrogen (secondary N) is 2. The van der Waals surface area contributed by atoms with Gasteiger partial charge in [-0.3, -0.25) is 9.59 Å². The first-order chi connectivity index (χ1) is 14.4. The average Bonchev–Trinajstić information content (AvgIpc) is 3.12. The number of rotatable bonds is 7. The fourth-order valence-electron chi connectivity index (χ4n) is 3.20. The summed E-state index contributed by atoms with van der Waals surface area (Å²) in [5.41, 5.74) is -0.519. The Morgan fingerprint density at radius 3 is 2.57 bits per heavy atom. The van der Waals surface area contributed by atoms with Crippen LogP contribution in [0.3, 0.4) is 0 Å². The van der Waals surface area contributed by atoms with Crippen LogP contribution < -0.4 is 16.5 Å². The van der Waals surface area contributed by atoms with E-state index in [9.17, 15) is 22.8 Å². The molecule has 3 rings (SSSR count). The van der Waals surface area contributed by atoms with Crippen LogP contribution in [0.4, 0.5) is 18.9 Å². The molecule has 1 aliphatic rings. The molecule has 1 heterocycles. The number of thioether (sulfide) groups is 1. The van der Waals surface area contributed by atoms with Crippen LogP contribution in [0.25, 0.3) is 0 Å². The summed E-state index contributed by atoms with van der Waals surface area (Å²) in [5, 5.41) is 13.0. The molecule has 2 amide bonds. The second-order valence-corrected chi connectivity index (χ2v) is 7.82. The molecule has 4 N–H and O–H groups in total. The Morgan fingerprint density at radius 1 is 1.10 bits per heavy atom. The van der Waals surface area contributed by atoms with Gasteiger partial charge in [0.25, 0.3) is 0 Å². The maximum Gasteiger partial charge on any atom is 0.243 e. The quantitative estimate of drug-likeness (QED) is 0.344. The number of nitrogens with two attached hydrogens (primary N) is 1. The lowest BCUT2D eigenvalue weighted by atomic mass is 9.89. The van der Waals surface area contributed by atoms with Crippen molar-refractivity contribution in [2.24, 2.45) is 0 Å². The fourth-order valence-corrected chi connectivity index (χ4v) is 3.90. The standard InChI is InChI=1S/C18H21F3N6O2S/c19-11-6-7-12(16(21)15(11)20)24-13(28)8-23-14(29)9-30-18-26-25-17(27(18)22)10-4-2-1-3-5-10/h6-7,10H,1-5,8-9,22H2,(H,23,29)(H,24,28). The lowest BCUT2D eigenvalue weighted by Crippen LogP contribution is -2.34. The van der Waals surface area contributed by atoms with E-state index in [0.29, 0.717) is 17.0 Å². The van der Waals surface area contributed by atoms with Crippen LogP contribution >= 0.6 is 11.8 Å². The minimum Gasteiger partial charge on any atom is -0.346 e. The summed E-state index contributed by atoms with van der Waals surface area (Å²) in [6.45, 7) is -0.472. The summed E-state index contributed by atoms with van der Waals surface area (Å²) in [7, 11) is 0. The molecule has 1 aromatic carbocycles. The maximum atomic E-state index is 13.6. The van der Waals surface area contributed by atoms with E-state index in [1.807, 2.05) is 0 Å². The van der Waals surface area contributed by atoms with Gasteiger partial charge in [0.15, 0.2) is 23.3 Å². The Morgan fingerprint density at radius 2 is 1.83 bits per heavy atom. The SMILES string of the molecule is Nn1c(SCC(=O)NCC(=O)Nc2ccc(F)c(F)c2F)nnc1C1CCCCC1. The van der Waals surface area contributed by atoms with Crippen molar-refractivity contribution in [2.45, 2.75) is 43.2 Å². The van der Waals surface area contributed by atoms with E-state index in [1.165, 1.54) is 11.1 Å². The van der Waals surface area contributed by atoms with Gasteiger partial charge in [0.05, 0.1) is 18.0 Å². The van der Waals surface area contributed by atoms with Crippen LogP contribution in [-0.4, -0.2) is 39.0 Å². The van der Waals surface area contributed by atoms with Gasteiger partial charge in [-0.15, -0.1) is 10.2 Å². The Balaban J connectivity index is 1.45. The van der Waals surface area contributed by atoms with E-state index < -0.39 is 41.5 Å². The minimum absolute atomic E-state index is 0.0627. The van der Waals surface area contributed by atoms with Crippen molar-refractivity contribution >= 4 is 29.3 Å². The van der Waals surface area contributed by atoms with Crippen LogP contribution in [0.15, 0.2) is 17.3 Å². The number of nitrogens with zero attached hydrogens (tertiary/aromatic N) is 3. The number of carbonyl (C=O) groups is 2. The summed E-state index contributed by atoms with van der Waals surface area (Å²) in [6, 6.07) is 1.58. The number of hydrogen-bond acceptors (Lipinski definition) is 6. The first-order valence-electron chi connectivity index (χ1n) is 9.40. The normalized spacial score (nSPS) is 14.5. The molecule has 0 aliphatic heterocycles. The molecule has 0 bridgehead atoms. The molecule has 0 radical (unpaired) electrons. The molecule has 2 aromatic rings. The summed E-state index contributed by atoms with van der Waals surface area (Å²) in [4.78, 5) is 23.8. The number of hydrogen-bond donors (Lipinski definition) is 3. The van der Waals surface area contributed by atoms with Crippen molar-refractivity contribution < 1.29 is 22.8 Å². The highest BCUT2D eigenvalue weighted by Crippen LogP contribution is 2.32. The predicted octanol–water partition coefficient (Wildman–Crippen LogP) is 2.30. The first-order valence-corrected chi connectivity index (χ1v) is 10.4. The Hall–Kier alpha value is -2.76. The molecule has 1 aliphatic carbocycles. The Kier molecular flexibility index (Phi) is 7.19. The second kappa shape index (κ2) is 9.83. The van der Waals surface area contributed by atoms with Gasteiger partial charge in [0, 0.05) is 5.92 Å². The van der Waals surface area contributed by atoms with Gasteiger partial charge in [-0.05, 0) is 25.0 Å². The Labute approximate surface area is 174 Å². The van der Waals surface area contributed by atoms with Crippen LogP contribution in [0.5, 0.6) is 0 Å². The van der Waals surface area contributed by atoms with Gasteiger partial charge in [-0.2, -0.15) is 0 Å². The fraction of sp³-hybridized carbons (Fsp3) is 0.444. The predicted molar refractivity (Wildman–Crippen MR) is 105 cm³/mol. The summed E-state index contributed by atoms with van der Waals surface area (Å²) in [6.07, 6.45) is 5.47. The topological polar surface area (TPSA) is 115 Å². The van der Waals surface area contributed by atoms with E-state index in [1.54, 1.807) is 0 Å². The van der Waals surface area contributed by atoms with Crippen molar-refractivity contribution in [3.63, 3.8) is 0 Å². The number of carbonyl (C=O) groups excluding carboxylic acids is 2. The molecule has 0 unspecified atom stereocenters. The highest BCUT2D eigenvalue weighted by atomic mass is 32.2. The third-order valence-corrected chi connectivity index (χ3v) is 5.69. The van der Waals surface area contributed by atoms with Crippen LogP contribution in [0.1, 0.15) is 43.8 Å². The lowest BCUT2D eigenvalue weighted by Gasteiger charge is -2.20. The number of benzene rings is 1. The molecule has 12 heteroatoms. The molecule has 1 saturated carbocycles. The van der Waals surface area contributed by atoms with Crippen LogP contribution in [0.2, 0.25) is 0 Å². The highest BCUT2D eigenvalue weighted by molar-refractivity contribution is 7.99. The van der Waals surface area contributed by atoms with E-state index in [-0.39, 0.29) is 11.7 Å². The molecular formula is C18H21F3N6O2S. The molecule has 1 aromatic heterocycles. The van der Waals surface area contributed by atoms with Gasteiger partial charge in [-0.25, -0.2) is 17.8 Å². The van der Waals surface area contributed by atoms with Crippen molar-refractivity contribution in [1.82, 2.24) is 20.2 Å².